The third-order valence-electron chi connectivity index (χ3n) is 6.19. The van der Waals surface area contributed by atoms with Crippen molar-refractivity contribution in [1.29, 1.82) is 0 Å². The Morgan fingerprint density at radius 3 is 1.79 bits per heavy atom. The van der Waals surface area contributed by atoms with Crippen molar-refractivity contribution in [2.75, 3.05) is 13.1 Å². The van der Waals surface area contributed by atoms with E-state index in [1.54, 1.807) is 0 Å². The van der Waals surface area contributed by atoms with Crippen molar-refractivity contribution in [2.45, 2.75) is 104 Å². The van der Waals surface area contributed by atoms with Crippen LogP contribution in [0.3, 0.4) is 0 Å². The molecule has 2 saturated heterocycles. The fourth-order valence-corrected chi connectivity index (χ4v) is 3.91. The largest absolute Gasteiger partial charge is 0.356 e. The van der Waals surface area contributed by atoms with E-state index in [2.05, 4.69) is 31.4 Å². The monoisotopic (exact) mass is 408 g/mol. The van der Waals surface area contributed by atoms with Crippen LogP contribution in [-0.2, 0) is 14.4 Å². The van der Waals surface area contributed by atoms with Gasteiger partial charge in [0, 0.05) is 38.8 Å². The van der Waals surface area contributed by atoms with Gasteiger partial charge >= 0.3 is 0 Å². The molecule has 2 aliphatic heterocycles. The van der Waals surface area contributed by atoms with Gasteiger partial charge in [-0.05, 0) is 62.7 Å². The van der Waals surface area contributed by atoms with Gasteiger partial charge in [0.1, 0.15) is 5.78 Å². The summed E-state index contributed by atoms with van der Waals surface area (Å²) >= 11 is 0. The van der Waals surface area contributed by atoms with E-state index in [4.69, 9.17) is 0 Å². The fraction of sp³-hybridized carbons (Fsp3) is 0.875. The zero-order valence-corrected chi connectivity index (χ0v) is 19.1. The minimum Gasteiger partial charge on any atom is -0.356 e. The number of ketones is 1. The summed E-state index contributed by atoms with van der Waals surface area (Å²) < 4.78 is 0. The summed E-state index contributed by atoms with van der Waals surface area (Å²) in [5.74, 6) is 3.25. The second-order valence-corrected chi connectivity index (χ2v) is 9.35. The highest BCUT2D eigenvalue weighted by molar-refractivity contribution is 5.78. The number of Topliss-reactive ketones (excluding diaryl/α,β-unsaturated/α-hetero) is 1. The molecular formula is C24H44N2O3. The Kier molecular flexibility index (Phi) is 13.7. The van der Waals surface area contributed by atoms with Crippen LogP contribution in [0.15, 0.2) is 0 Å². The molecule has 0 bridgehead atoms. The maximum Gasteiger partial charge on any atom is 0.220 e. The number of amides is 2. The van der Waals surface area contributed by atoms with Crippen molar-refractivity contribution in [1.82, 2.24) is 10.6 Å². The highest BCUT2D eigenvalue weighted by atomic mass is 16.2. The van der Waals surface area contributed by atoms with Crippen LogP contribution >= 0.6 is 0 Å². The first-order valence-corrected chi connectivity index (χ1v) is 11.9. The highest BCUT2D eigenvalue weighted by Gasteiger charge is 2.12. The van der Waals surface area contributed by atoms with Crippen LogP contribution in [0.25, 0.3) is 0 Å². The standard InChI is InChI=1S/2C8H15NO.C8H14O/c1-7-3-2-6-9-8(10)5-4-7;1-7-3-2-4-8(10)9-6-5-7;1-7-3-2-4-8(9)6-5-7/h2*7H,2-6H2,1H3,(H,9,10);7H,2-6H2,1H3. The fourth-order valence-electron chi connectivity index (χ4n) is 3.91. The van der Waals surface area contributed by atoms with E-state index >= 15 is 0 Å². The quantitative estimate of drug-likeness (QED) is 0.566. The third-order valence-corrected chi connectivity index (χ3v) is 6.19. The topological polar surface area (TPSA) is 75.3 Å². The number of hydrogen-bond acceptors (Lipinski definition) is 3. The number of hydrogen-bond donors (Lipinski definition) is 2. The molecule has 3 unspecified atom stereocenters. The van der Waals surface area contributed by atoms with Crippen molar-refractivity contribution >= 4 is 17.6 Å². The van der Waals surface area contributed by atoms with E-state index in [1.807, 2.05) is 0 Å². The lowest BCUT2D eigenvalue weighted by Crippen LogP contribution is -2.27. The molecule has 0 aromatic heterocycles. The van der Waals surface area contributed by atoms with Gasteiger partial charge in [-0.25, -0.2) is 0 Å². The molecule has 2 heterocycles. The van der Waals surface area contributed by atoms with Crippen LogP contribution in [0.2, 0.25) is 0 Å². The van der Waals surface area contributed by atoms with Gasteiger partial charge in [0.05, 0.1) is 0 Å². The normalized spacial score (nSPS) is 28.9. The Hall–Kier alpha value is -1.39. The van der Waals surface area contributed by atoms with Gasteiger partial charge in [-0.2, -0.15) is 0 Å². The van der Waals surface area contributed by atoms with Crippen molar-refractivity contribution in [3.8, 4) is 0 Å². The predicted octanol–water partition coefficient (Wildman–Crippen LogP) is 4.78. The van der Waals surface area contributed by atoms with Crippen LogP contribution in [0, 0.1) is 17.8 Å². The van der Waals surface area contributed by atoms with Gasteiger partial charge in [-0.3, -0.25) is 14.4 Å². The molecule has 3 atom stereocenters. The molecule has 0 spiro atoms. The Bertz CT molecular complexity index is 481. The van der Waals surface area contributed by atoms with E-state index < -0.39 is 0 Å². The lowest BCUT2D eigenvalue weighted by molar-refractivity contribution is -0.122. The van der Waals surface area contributed by atoms with Crippen LogP contribution < -0.4 is 10.6 Å². The smallest absolute Gasteiger partial charge is 0.220 e. The van der Waals surface area contributed by atoms with Crippen molar-refractivity contribution in [2.24, 2.45) is 17.8 Å². The van der Waals surface area contributed by atoms with E-state index in [9.17, 15) is 14.4 Å². The summed E-state index contributed by atoms with van der Waals surface area (Å²) in [5.41, 5.74) is 0. The van der Waals surface area contributed by atoms with E-state index in [0.29, 0.717) is 5.78 Å². The van der Waals surface area contributed by atoms with Crippen molar-refractivity contribution in [3.63, 3.8) is 0 Å². The Morgan fingerprint density at radius 1 is 0.552 bits per heavy atom. The summed E-state index contributed by atoms with van der Waals surface area (Å²) in [7, 11) is 0. The minimum atomic E-state index is 0.228. The second-order valence-electron chi connectivity index (χ2n) is 9.35. The molecule has 2 amide bonds. The van der Waals surface area contributed by atoms with Crippen LogP contribution in [0.5, 0.6) is 0 Å². The molecule has 5 nitrogen and oxygen atoms in total. The number of carbonyl (C=O) groups excluding carboxylic acids is 3. The Morgan fingerprint density at radius 2 is 1.07 bits per heavy atom. The van der Waals surface area contributed by atoms with Crippen molar-refractivity contribution in [3.05, 3.63) is 0 Å². The first-order valence-electron chi connectivity index (χ1n) is 11.9. The first kappa shape index (κ1) is 25.6. The molecule has 5 heteroatoms. The van der Waals surface area contributed by atoms with Gasteiger partial charge in [0.15, 0.2) is 0 Å². The molecule has 29 heavy (non-hydrogen) atoms. The molecule has 1 saturated carbocycles. The number of carbonyl (C=O) groups is 3. The van der Waals surface area contributed by atoms with E-state index in [1.165, 1.54) is 19.3 Å². The molecule has 1 aliphatic carbocycles. The van der Waals surface area contributed by atoms with Gasteiger partial charge in [0.2, 0.25) is 11.8 Å². The molecule has 0 aromatic carbocycles. The van der Waals surface area contributed by atoms with Crippen LogP contribution in [0.4, 0.5) is 0 Å². The summed E-state index contributed by atoms with van der Waals surface area (Å²) in [4.78, 5) is 32.5. The third kappa shape index (κ3) is 14.3. The number of nitrogens with one attached hydrogen (secondary N) is 2. The predicted molar refractivity (Wildman–Crippen MR) is 119 cm³/mol. The average molecular weight is 409 g/mol. The SMILES string of the molecule is CC1CCCC(=O)CC1.CC1CCCC(=O)NCC1.CC1CCCNC(=O)CC1. The number of rotatable bonds is 0. The molecule has 0 aromatic rings. The van der Waals surface area contributed by atoms with Gasteiger partial charge in [0.25, 0.3) is 0 Å². The summed E-state index contributed by atoms with van der Waals surface area (Å²) in [6.07, 6.45) is 13.5. The average Bonchev–Trinajstić information content (AvgIpc) is 2.85. The maximum atomic E-state index is 10.9. The zero-order chi connectivity index (χ0) is 21.5. The van der Waals surface area contributed by atoms with E-state index in [0.717, 1.165) is 95.1 Å². The van der Waals surface area contributed by atoms with Gasteiger partial charge in [-0.1, -0.05) is 33.6 Å². The molecule has 0 radical (unpaired) electrons. The molecule has 3 aliphatic rings. The molecule has 168 valence electrons. The van der Waals surface area contributed by atoms with Crippen molar-refractivity contribution < 1.29 is 14.4 Å². The summed E-state index contributed by atoms with van der Waals surface area (Å²) in [5, 5.41) is 5.74. The lowest BCUT2D eigenvalue weighted by Gasteiger charge is -2.15. The first-order chi connectivity index (χ1) is 13.9. The van der Waals surface area contributed by atoms with E-state index in [-0.39, 0.29) is 11.8 Å². The highest BCUT2D eigenvalue weighted by Crippen LogP contribution is 2.19. The molecule has 2 N–H and O–H groups in total. The summed E-state index contributed by atoms with van der Waals surface area (Å²) in [6, 6.07) is 0. The minimum absolute atomic E-state index is 0.228. The Balaban J connectivity index is 0.000000218. The maximum absolute atomic E-state index is 10.9. The van der Waals surface area contributed by atoms with Crippen LogP contribution in [0.1, 0.15) is 104 Å². The molecular weight excluding hydrogens is 364 g/mol. The molecule has 3 rings (SSSR count). The molecule has 3 fully saturated rings. The van der Waals surface area contributed by atoms with Crippen LogP contribution in [-0.4, -0.2) is 30.7 Å². The Labute approximate surface area is 178 Å². The zero-order valence-electron chi connectivity index (χ0n) is 19.1. The van der Waals surface area contributed by atoms with Gasteiger partial charge < -0.3 is 10.6 Å². The second kappa shape index (κ2) is 15.4. The lowest BCUT2D eigenvalue weighted by atomic mass is 9.98. The summed E-state index contributed by atoms with van der Waals surface area (Å²) in [6.45, 7) is 8.46. The van der Waals surface area contributed by atoms with Gasteiger partial charge in [-0.15, -0.1) is 0 Å².